The Balaban J connectivity index is 1.81. The van der Waals surface area contributed by atoms with Gasteiger partial charge in [-0.05, 0) is 56.1 Å². The van der Waals surface area contributed by atoms with Gasteiger partial charge < -0.3 is 10.1 Å². The predicted molar refractivity (Wildman–Crippen MR) is 71.7 cm³/mol. The minimum atomic E-state index is -0.298. The highest BCUT2D eigenvalue weighted by atomic mass is 19.1. The Kier molecular flexibility index (Phi) is 5.05. The molecule has 104 valence electrons. The van der Waals surface area contributed by atoms with Crippen LogP contribution in [0.15, 0.2) is 18.2 Å². The van der Waals surface area contributed by atoms with Crippen molar-refractivity contribution in [2.75, 3.05) is 19.7 Å². The van der Waals surface area contributed by atoms with Gasteiger partial charge >= 0.3 is 0 Å². The van der Waals surface area contributed by atoms with Crippen molar-refractivity contribution in [2.24, 2.45) is 0 Å². The molecule has 0 spiro atoms. The summed E-state index contributed by atoms with van der Waals surface area (Å²) in [6, 6.07) is 4.54. The lowest BCUT2D eigenvalue weighted by Crippen LogP contribution is -2.33. The van der Waals surface area contributed by atoms with Gasteiger partial charge in [0, 0.05) is 6.42 Å². The van der Waals surface area contributed by atoms with Crippen LogP contribution in [0.3, 0.4) is 0 Å². The third-order valence-electron chi connectivity index (χ3n) is 3.47. The Morgan fingerprint density at radius 3 is 2.89 bits per heavy atom. The molecule has 19 heavy (non-hydrogen) atoms. The largest absolute Gasteiger partial charge is 0.370 e. The maximum Gasteiger partial charge on any atom is 0.162 e. The maximum atomic E-state index is 13.1. The van der Waals surface area contributed by atoms with Crippen LogP contribution in [0.5, 0.6) is 0 Å². The van der Waals surface area contributed by atoms with Crippen LogP contribution in [-0.4, -0.2) is 31.6 Å². The van der Waals surface area contributed by atoms with E-state index in [4.69, 9.17) is 4.74 Å². The quantitative estimate of drug-likeness (QED) is 0.885. The third kappa shape index (κ3) is 4.40. The van der Waals surface area contributed by atoms with Crippen LogP contribution in [0.1, 0.15) is 24.0 Å². The van der Waals surface area contributed by atoms with E-state index < -0.39 is 0 Å². The van der Waals surface area contributed by atoms with E-state index in [-0.39, 0.29) is 30.7 Å². The van der Waals surface area contributed by atoms with Gasteiger partial charge in [-0.2, -0.15) is 0 Å². The molecule has 0 aliphatic carbocycles. The van der Waals surface area contributed by atoms with Gasteiger partial charge in [0.05, 0.1) is 6.10 Å². The summed E-state index contributed by atoms with van der Waals surface area (Å²) < 4.78 is 18.7. The van der Waals surface area contributed by atoms with E-state index in [2.05, 4.69) is 5.32 Å². The highest BCUT2D eigenvalue weighted by molar-refractivity contribution is 5.82. The normalized spacial score (nSPS) is 16.5. The van der Waals surface area contributed by atoms with Crippen molar-refractivity contribution in [1.82, 2.24) is 5.32 Å². The molecular formula is C15H20FNO2. The molecule has 1 saturated heterocycles. The second-order valence-electron chi connectivity index (χ2n) is 5.05. The molecule has 1 N–H and O–H groups in total. The number of piperidine rings is 1. The molecule has 0 saturated carbocycles. The van der Waals surface area contributed by atoms with E-state index in [0.717, 1.165) is 37.1 Å². The van der Waals surface area contributed by atoms with Crippen LogP contribution < -0.4 is 5.32 Å². The zero-order valence-corrected chi connectivity index (χ0v) is 11.2. The molecule has 0 atom stereocenters. The fourth-order valence-corrected chi connectivity index (χ4v) is 2.27. The Bertz CT molecular complexity index is 442. The summed E-state index contributed by atoms with van der Waals surface area (Å²) in [5.74, 6) is -0.292. The molecular weight excluding hydrogens is 245 g/mol. The average Bonchev–Trinajstić information content (AvgIpc) is 2.42. The number of carbonyl (C=O) groups is 1. The number of benzene rings is 1. The molecule has 0 bridgehead atoms. The molecule has 2 rings (SSSR count). The van der Waals surface area contributed by atoms with Gasteiger partial charge in [0.15, 0.2) is 5.78 Å². The third-order valence-corrected chi connectivity index (χ3v) is 3.47. The first-order valence-electron chi connectivity index (χ1n) is 6.74. The average molecular weight is 265 g/mol. The van der Waals surface area contributed by atoms with Crippen molar-refractivity contribution in [1.29, 1.82) is 0 Å². The first kappa shape index (κ1) is 14.2. The molecule has 1 fully saturated rings. The Labute approximate surface area is 113 Å². The zero-order chi connectivity index (χ0) is 13.7. The lowest BCUT2D eigenvalue weighted by atomic mass is 10.0. The van der Waals surface area contributed by atoms with E-state index in [9.17, 15) is 9.18 Å². The topological polar surface area (TPSA) is 38.3 Å². The smallest absolute Gasteiger partial charge is 0.162 e. The monoisotopic (exact) mass is 265 g/mol. The molecule has 0 unspecified atom stereocenters. The summed E-state index contributed by atoms with van der Waals surface area (Å²) in [5, 5.41) is 3.25. The summed E-state index contributed by atoms with van der Waals surface area (Å²) in [6.07, 6.45) is 2.33. The molecule has 0 amide bonds. The summed E-state index contributed by atoms with van der Waals surface area (Å²) >= 11 is 0. The second kappa shape index (κ2) is 6.78. The number of ketones is 1. The van der Waals surface area contributed by atoms with Crippen LogP contribution in [0.4, 0.5) is 4.39 Å². The standard InChI is InChI=1S/C15H20FNO2/c1-11-2-3-13(16)8-12(11)9-14(18)10-19-15-4-6-17-7-5-15/h2-3,8,15,17H,4-7,9-10H2,1H3. The second-order valence-corrected chi connectivity index (χ2v) is 5.05. The molecule has 0 radical (unpaired) electrons. The van der Waals surface area contributed by atoms with E-state index >= 15 is 0 Å². The highest BCUT2D eigenvalue weighted by Gasteiger charge is 2.15. The fourth-order valence-electron chi connectivity index (χ4n) is 2.27. The van der Waals surface area contributed by atoms with Crippen molar-refractivity contribution in [2.45, 2.75) is 32.3 Å². The van der Waals surface area contributed by atoms with Gasteiger partial charge in [0.25, 0.3) is 0 Å². The molecule has 0 aromatic heterocycles. The lowest BCUT2D eigenvalue weighted by molar-refractivity contribution is -0.125. The van der Waals surface area contributed by atoms with Crippen LogP contribution >= 0.6 is 0 Å². The van der Waals surface area contributed by atoms with E-state index in [0.29, 0.717) is 0 Å². The van der Waals surface area contributed by atoms with E-state index in [1.54, 1.807) is 6.07 Å². The van der Waals surface area contributed by atoms with Crippen molar-refractivity contribution in [3.8, 4) is 0 Å². The number of carbonyl (C=O) groups excluding carboxylic acids is 1. The van der Waals surface area contributed by atoms with Crippen molar-refractivity contribution < 1.29 is 13.9 Å². The number of Topliss-reactive ketones (excluding diaryl/α,β-unsaturated/α-hetero) is 1. The molecule has 1 heterocycles. The Hall–Kier alpha value is -1.26. The molecule has 1 aliphatic heterocycles. The van der Waals surface area contributed by atoms with Crippen LogP contribution in [0, 0.1) is 12.7 Å². The number of nitrogens with one attached hydrogen (secondary N) is 1. The van der Waals surface area contributed by atoms with Crippen LogP contribution in [-0.2, 0) is 16.0 Å². The van der Waals surface area contributed by atoms with E-state index in [1.165, 1.54) is 12.1 Å². The number of aryl methyl sites for hydroxylation is 1. The van der Waals surface area contributed by atoms with Gasteiger partial charge in [-0.15, -0.1) is 0 Å². The first-order valence-corrected chi connectivity index (χ1v) is 6.74. The summed E-state index contributed by atoms with van der Waals surface area (Å²) in [5.41, 5.74) is 1.69. The van der Waals surface area contributed by atoms with Crippen molar-refractivity contribution in [3.05, 3.63) is 35.1 Å². The summed E-state index contributed by atoms with van der Waals surface area (Å²) in [4.78, 5) is 11.9. The number of rotatable bonds is 5. The molecule has 1 aliphatic rings. The summed E-state index contributed by atoms with van der Waals surface area (Å²) in [7, 11) is 0. The van der Waals surface area contributed by atoms with Gasteiger partial charge in [-0.3, -0.25) is 4.79 Å². The van der Waals surface area contributed by atoms with Crippen LogP contribution in [0.2, 0.25) is 0 Å². The van der Waals surface area contributed by atoms with Crippen molar-refractivity contribution in [3.63, 3.8) is 0 Å². The van der Waals surface area contributed by atoms with Gasteiger partial charge in [0.2, 0.25) is 0 Å². The number of ether oxygens (including phenoxy) is 1. The SMILES string of the molecule is Cc1ccc(F)cc1CC(=O)COC1CCNCC1. The predicted octanol–water partition coefficient (Wildman–Crippen LogP) is 2.01. The van der Waals surface area contributed by atoms with Crippen molar-refractivity contribution >= 4 is 5.78 Å². The van der Waals surface area contributed by atoms with Crippen LogP contribution in [0.25, 0.3) is 0 Å². The van der Waals surface area contributed by atoms with Gasteiger partial charge in [-0.25, -0.2) is 4.39 Å². The molecule has 3 nitrogen and oxygen atoms in total. The van der Waals surface area contributed by atoms with Gasteiger partial charge in [0.1, 0.15) is 12.4 Å². The Morgan fingerprint density at radius 2 is 2.16 bits per heavy atom. The molecule has 4 heteroatoms. The fraction of sp³-hybridized carbons (Fsp3) is 0.533. The minimum absolute atomic E-state index is 0.00670. The molecule has 1 aromatic rings. The minimum Gasteiger partial charge on any atom is -0.370 e. The Morgan fingerprint density at radius 1 is 1.42 bits per heavy atom. The van der Waals surface area contributed by atoms with E-state index in [1.807, 2.05) is 6.92 Å². The first-order chi connectivity index (χ1) is 9.15. The zero-order valence-electron chi connectivity index (χ0n) is 11.2. The number of halogens is 1. The highest BCUT2D eigenvalue weighted by Crippen LogP contribution is 2.12. The number of hydrogen-bond donors (Lipinski definition) is 1. The summed E-state index contributed by atoms with van der Waals surface area (Å²) in [6.45, 7) is 3.90. The maximum absolute atomic E-state index is 13.1. The van der Waals surface area contributed by atoms with Gasteiger partial charge in [-0.1, -0.05) is 6.07 Å². The number of hydrogen-bond acceptors (Lipinski definition) is 3. The lowest BCUT2D eigenvalue weighted by Gasteiger charge is -2.22. The molecule has 1 aromatic carbocycles.